The second-order valence-corrected chi connectivity index (χ2v) is 5.88. The average Bonchev–Trinajstić information content (AvgIpc) is 2.46. The zero-order valence-electron chi connectivity index (χ0n) is 11.3. The zero-order chi connectivity index (χ0) is 13.2. The maximum absolute atomic E-state index is 13.3. The van der Waals surface area contributed by atoms with Gasteiger partial charge in [0.25, 0.3) is 0 Å². The number of halogens is 1. The van der Waals surface area contributed by atoms with Gasteiger partial charge in [0.2, 0.25) is 0 Å². The van der Waals surface area contributed by atoms with E-state index in [1.165, 1.54) is 50.7 Å². The Morgan fingerprint density at radius 1 is 1.16 bits per heavy atom. The fourth-order valence-electron chi connectivity index (χ4n) is 3.88. The van der Waals surface area contributed by atoms with Gasteiger partial charge in [-0.1, -0.05) is 12.8 Å². The lowest BCUT2D eigenvalue weighted by Gasteiger charge is -2.46. The van der Waals surface area contributed by atoms with Crippen molar-refractivity contribution in [1.29, 1.82) is 0 Å². The summed E-state index contributed by atoms with van der Waals surface area (Å²) < 4.78 is 13.3. The molecule has 0 amide bonds. The van der Waals surface area contributed by atoms with Gasteiger partial charge in [-0.25, -0.2) is 4.39 Å². The van der Waals surface area contributed by atoms with Crippen LogP contribution in [0, 0.1) is 11.7 Å². The topological polar surface area (TPSA) is 23.5 Å². The second-order valence-electron chi connectivity index (χ2n) is 5.88. The predicted molar refractivity (Wildman–Crippen MR) is 74.6 cm³/mol. The van der Waals surface area contributed by atoms with Crippen LogP contribution < -0.4 is 4.90 Å². The van der Waals surface area contributed by atoms with Crippen molar-refractivity contribution < 1.29 is 9.50 Å². The third-order valence-electron chi connectivity index (χ3n) is 4.76. The lowest BCUT2D eigenvalue weighted by Crippen LogP contribution is -2.47. The van der Waals surface area contributed by atoms with Gasteiger partial charge in [0.1, 0.15) is 5.82 Å². The lowest BCUT2D eigenvalue weighted by molar-refractivity contribution is 0.241. The molecule has 104 valence electrons. The van der Waals surface area contributed by atoms with Crippen LogP contribution in [0.1, 0.15) is 44.1 Å². The van der Waals surface area contributed by atoms with Crippen molar-refractivity contribution in [2.75, 3.05) is 11.4 Å². The third-order valence-corrected chi connectivity index (χ3v) is 4.76. The third kappa shape index (κ3) is 2.48. The van der Waals surface area contributed by atoms with Crippen molar-refractivity contribution in [3.8, 4) is 0 Å². The molecule has 1 aromatic carbocycles. The Balaban J connectivity index is 1.91. The summed E-state index contributed by atoms with van der Waals surface area (Å²) in [6.45, 7) is 0.959. The Morgan fingerprint density at radius 3 is 2.79 bits per heavy atom. The highest BCUT2D eigenvalue weighted by Gasteiger charge is 2.33. The summed E-state index contributed by atoms with van der Waals surface area (Å²) in [5, 5.41) is 9.48. The van der Waals surface area contributed by atoms with Crippen molar-refractivity contribution in [3.05, 3.63) is 29.6 Å². The first kappa shape index (κ1) is 12.9. The highest BCUT2D eigenvalue weighted by Crippen LogP contribution is 2.38. The van der Waals surface area contributed by atoms with E-state index in [0.717, 1.165) is 23.7 Å². The molecule has 1 aromatic rings. The molecule has 3 rings (SSSR count). The minimum absolute atomic E-state index is 0.0824. The molecule has 2 atom stereocenters. The second kappa shape index (κ2) is 5.49. The highest BCUT2D eigenvalue weighted by atomic mass is 19.1. The van der Waals surface area contributed by atoms with E-state index in [0.29, 0.717) is 6.04 Å². The Hall–Kier alpha value is -1.09. The van der Waals surface area contributed by atoms with Gasteiger partial charge >= 0.3 is 0 Å². The minimum atomic E-state index is -0.259. The molecule has 1 saturated heterocycles. The number of rotatable bonds is 2. The number of piperidine rings is 1. The van der Waals surface area contributed by atoms with Crippen molar-refractivity contribution in [2.45, 2.75) is 51.2 Å². The quantitative estimate of drug-likeness (QED) is 0.883. The van der Waals surface area contributed by atoms with Crippen LogP contribution in [0.2, 0.25) is 0 Å². The van der Waals surface area contributed by atoms with Gasteiger partial charge in [-0.2, -0.15) is 0 Å². The van der Waals surface area contributed by atoms with E-state index in [2.05, 4.69) is 4.90 Å². The van der Waals surface area contributed by atoms with E-state index in [-0.39, 0.29) is 12.4 Å². The first-order chi connectivity index (χ1) is 9.29. The van der Waals surface area contributed by atoms with E-state index < -0.39 is 0 Å². The van der Waals surface area contributed by atoms with Gasteiger partial charge in [-0.15, -0.1) is 0 Å². The normalized spacial score (nSPS) is 27.2. The number of anilines is 1. The van der Waals surface area contributed by atoms with Crippen LogP contribution in [0.4, 0.5) is 10.1 Å². The van der Waals surface area contributed by atoms with Gasteiger partial charge < -0.3 is 10.0 Å². The number of benzene rings is 1. The molecule has 2 unspecified atom stereocenters. The van der Waals surface area contributed by atoms with Gasteiger partial charge in [-0.05, 0) is 49.8 Å². The molecule has 0 aromatic heterocycles. The summed E-state index contributed by atoms with van der Waals surface area (Å²) >= 11 is 0. The first-order valence-electron chi connectivity index (χ1n) is 7.45. The van der Waals surface area contributed by atoms with Crippen LogP contribution in [0.25, 0.3) is 0 Å². The average molecular weight is 263 g/mol. The Morgan fingerprint density at radius 2 is 1.95 bits per heavy atom. The molecular weight excluding hydrogens is 241 g/mol. The Labute approximate surface area is 114 Å². The molecule has 3 heteroatoms. The lowest BCUT2D eigenvalue weighted by atomic mass is 9.78. The summed E-state index contributed by atoms with van der Waals surface area (Å²) in [5.74, 6) is 0.532. The molecule has 0 spiro atoms. The molecule has 2 aliphatic rings. The summed E-state index contributed by atoms with van der Waals surface area (Å²) in [6, 6.07) is 5.43. The number of aliphatic hydroxyl groups excluding tert-OH is 1. The summed E-state index contributed by atoms with van der Waals surface area (Å²) in [6.07, 6.45) is 7.77. The zero-order valence-corrected chi connectivity index (χ0v) is 11.3. The maximum Gasteiger partial charge on any atom is 0.123 e. The predicted octanol–water partition coefficient (Wildman–Crippen LogP) is 3.48. The molecule has 19 heavy (non-hydrogen) atoms. The van der Waals surface area contributed by atoms with E-state index in [1.807, 2.05) is 6.07 Å². The largest absolute Gasteiger partial charge is 0.392 e. The molecule has 2 fully saturated rings. The molecular formula is C16H22FNO. The van der Waals surface area contributed by atoms with E-state index >= 15 is 0 Å². The van der Waals surface area contributed by atoms with E-state index in [4.69, 9.17) is 0 Å². The SMILES string of the molecule is OCc1cc(F)ccc1N1CCCC2CCCCC21. The van der Waals surface area contributed by atoms with Crippen LogP contribution in [-0.2, 0) is 6.61 Å². The summed E-state index contributed by atoms with van der Waals surface area (Å²) in [5.41, 5.74) is 1.77. The van der Waals surface area contributed by atoms with E-state index in [9.17, 15) is 9.50 Å². The molecule has 1 saturated carbocycles. The van der Waals surface area contributed by atoms with Crippen LogP contribution in [0.5, 0.6) is 0 Å². The number of aliphatic hydroxyl groups is 1. The van der Waals surface area contributed by atoms with E-state index in [1.54, 1.807) is 0 Å². The molecule has 0 radical (unpaired) electrons. The monoisotopic (exact) mass is 263 g/mol. The molecule has 1 aliphatic heterocycles. The van der Waals surface area contributed by atoms with Gasteiger partial charge in [-0.3, -0.25) is 0 Å². The van der Waals surface area contributed by atoms with Crippen molar-refractivity contribution in [1.82, 2.24) is 0 Å². The fourth-order valence-corrected chi connectivity index (χ4v) is 3.88. The fraction of sp³-hybridized carbons (Fsp3) is 0.625. The van der Waals surface area contributed by atoms with Crippen LogP contribution in [0.3, 0.4) is 0 Å². The van der Waals surface area contributed by atoms with Crippen molar-refractivity contribution >= 4 is 5.69 Å². The Kier molecular flexibility index (Phi) is 3.74. The number of hydrogen-bond acceptors (Lipinski definition) is 2. The molecule has 1 heterocycles. The van der Waals surface area contributed by atoms with Gasteiger partial charge in [0.05, 0.1) is 6.61 Å². The maximum atomic E-state index is 13.3. The molecule has 1 aliphatic carbocycles. The van der Waals surface area contributed by atoms with Crippen LogP contribution >= 0.6 is 0 Å². The number of hydrogen-bond donors (Lipinski definition) is 1. The van der Waals surface area contributed by atoms with Gasteiger partial charge in [0, 0.05) is 23.8 Å². The molecule has 1 N–H and O–H groups in total. The highest BCUT2D eigenvalue weighted by molar-refractivity contribution is 5.55. The molecule has 2 nitrogen and oxygen atoms in total. The standard InChI is InChI=1S/C16H22FNO/c17-14-7-8-16(13(10-14)11-19)18-9-3-5-12-4-1-2-6-15(12)18/h7-8,10,12,15,19H,1-6,9,11H2. The van der Waals surface area contributed by atoms with Crippen molar-refractivity contribution in [2.24, 2.45) is 5.92 Å². The molecule has 0 bridgehead atoms. The van der Waals surface area contributed by atoms with Crippen LogP contribution in [-0.4, -0.2) is 17.7 Å². The minimum Gasteiger partial charge on any atom is -0.392 e. The van der Waals surface area contributed by atoms with Crippen molar-refractivity contribution in [3.63, 3.8) is 0 Å². The smallest absolute Gasteiger partial charge is 0.123 e. The number of fused-ring (bicyclic) bond motifs is 1. The van der Waals surface area contributed by atoms with Gasteiger partial charge in [0.15, 0.2) is 0 Å². The summed E-state index contributed by atoms with van der Waals surface area (Å²) in [4.78, 5) is 2.43. The number of nitrogens with zero attached hydrogens (tertiary/aromatic N) is 1. The first-order valence-corrected chi connectivity index (χ1v) is 7.45. The Bertz CT molecular complexity index is 446. The summed E-state index contributed by atoms with van der Waals surface area (Å²) in [7, 11) is 0. The van der Waals surface area contributed by atoms with Crippen LogP contribution in [0.15, 0.2) is 18.2 Å².